The molecule has 2 unspecified atom stereocenters. The molecule has 1 aliphatic heterocycles. The fourth-order valence-electron chi connectivity index (χ4n) is 1.95. The second-order valence-electron chi connectivity index (χ2n) is 3.99. The van der Waals surface area contributed by atoms with E-state index in [1.165, 1.54) is 11.2 Å². The lowest BCUT2D eigenvalue weighted by atomic mass is 10.2. The molecule has 0 saturated carbocycles. The zero-order chi connectivity index (χ0) is 12.4. The number of likely N-dealkylation sites (N-methyl/N-ethyl adjacent to an activating group) is 1. The molecular formula is C10H15N5O2. The average molecular weight is 237 g/mol. The topological polar surface area (TPSA) is 91.0 Å². The van der Waals surface area contributed by atoms with E-state index in [1.54, 1.807) is 6.92 Å². The summed E-state index contributed by atoms with van der Waals surface area (Å²) < 4.78 is 0. The predicted octanol–water partition coefficient (Wildman–Crippen LogP) is -0.397. The van der Waals surface area contributed by atoms with E-state index < -0.39 is 6.04 Å². The van der Waals surface area contributed by atoms with Gasteiger partial charge in [-0.2, -0.15) is 5.10 Å². The summed E-state index contributed by atoms with van der Waals surface area (Å²) in [7, 11) is 0. The molecule has 2 atom stereocenters. The number of carbonyl (C=O) groups is 2. The maximum absolute atomic E-state index is 11.8. The van der Waals surface area contributed by atoms with E-state index in [0.717, 1.165) is 0 Å². The first-order valence-electron chi connectivity index (χ1n) is 5.59. The Labute approximate surface area is 98.6 Å². The Balaban J connectivity index is 2.01. The van der Waals surface area contributed by atoms with Gasteiger partial charge >= 0.3 is 0 Å². The lowest BCUT2D eigenvalue weighted by Gasteiger charge is -2.16. The molecule has 1 fully saturated rings. The summed E-state index contributed by atoms with van der Waals surface area (Å²) in [5, 5.41) is 9.55. The van der Waals surface area contributed by atoms with E-state index in [0.29, 0.717) is 12.4 Å². The van der Waals surface area contributed by atoms with E-state index in [1.807, 2.05) is 6.92 Å². The van der Waals surface area contributed by atoms with E-state index >= 15 is 0 Å². The molecule has 2 amide bonds. The number of imide groups is 1. The summed E-state index contributed by atoms with van der Waals surface area (Å²) in [5.41, 5.74) is 0. The first-order chi connectivity index (χ1) is 8.13. The number of aromatic amines is 1. The van der Waals surface area contributed by atoms with Crippen LogP contribution in [0.1, 0.15) is 32.1 Å². The molecule has 2 heterocycles. The van der Waals surface area contributed by atoms with Crippen molar-refractivity contribution in [2.24, 2.45) is 0 Å². The van der Waals surface area contributed by atoms with Crippen LogP contribution in [-0.4, -0.2) is 44.5 Å². The fraction of sp³-hybridized carbons (Fsp3) is 0.600. The molecule has 0 radical (unpaired) electrons. The summed E-state index contributed by atoms with van der Waals surface area (Å²) in [4.78, 5) is 28.6. The monoisotopic (exact) mass is 237 g/mol. The second-order valence-corrected chi connectivity index (χ2v) is 3.99. The third-order valence-electron chi connectivity index (χ3n) is 2.86. The van der Waals surface area contributed by atoms with Crippen LogP contribution in [-0.2, 0) is 9.59 Å². The van der Waals surface area contributed by atoms with Crippen LogP contribution in [0.2, 0.25) is 0 Å². The van der Waals surface area contributed by atoms with E-state index in [-0.39, 0.29) is 24.3 Å². The Bertz CT molecular complexity index is 416. The molecule has 0 aromatic carbocycles. The highest BCUT2D eigenvalue weighted by Gasteiger charge is 2.38. The molecule has 1 aliphatic rings. The molecule has 7 heteroatoms. The van der Waals surface area contributed by atoms with Crippen molar-refractivity contribution in [2.75, 3.05) is 6.54 Å². The second kappa shape index (κ2) is 4.62. The molecule has 1 saturated heterocycles. The number of likely N-dealkylation sites (tertiary alicyclic amines) is 1. The average Bonchev–Trinajstić information content (AvgIpc) is 2.89. The largest absolute Gasteiger partial charge is 0.296 e. The van der Waals surface area contributed by atoms with Gasteiger partial charge in [0, 0.05) is 6.54 Å². The molecule has 7 nitrogen and oxygen atoms in total. The zero-order valence-electron chi connectivity index (χ0n) is 9.80. The number of aromatic nitrogens is 3. The van der Waals surface area contributed by atoms with Gasteiger partial charge in [0.15, 0.2) is 0 Å². The molecule has 0 aliphatic carbocycles. The van der Waals surface area contributed by atoms with Gasteiger partial charge in [0.05, 0.1) is 18.5 Å². The van der Waals surface area contributed by atoms with Crippen molar-refractivity contribution in [3.8, 4) is 0 Å². The summed E-state index contributed by atoms with van der Waals surface area (Å²) in [5.74, 6) is 0.365. The van der Waals surface area contributed by atoms with Crippen LogP contribution in [0.3, 0.4) is 0 Å². The van der Waals surface area contributed by atoms with E-state index in [9.17, 15) is 9.59 Å². The van der Waals surface area contributed by atoms with E-state index in [2.05, 4.69) is 20.5 Å². The van der Waals surface area contributed by atoms with Crippen LogP contribution < -0.4 is 5.32 Å². The van der Waals surface area contributed by atoms with Crippen LogP contribution in [0.15, 0.2) is 6.33 Å². The molecular weight excluding hydrogens is 222 g/mol. The van der Waals surface area contributed by atoms with Crippen molar-refractivity contribution in [2.45, 2.75) is 32.4 Å². The maximum atomic E-state index is 11.8. The Morgan fingerprint density at radius 3 is 2.94 bits per heavy atom. The standard InChI is InChI=1S/C10H15N5O2/c1-3-15-8(16)4-7(10(15)17)13-6(2)9-11-5-12-14-9/h5-7,13H,3-4H2,1-2H3,(H,11,12,14). The SMILES string of the molecule is CCN1C(=O)CC(NC(C)c2ncn[nH]2)C1=O. The number of hydrogen-bond acceptors (Lipinski definition) is 5. The quantitative estimate of drug-likeness (QED) is 0.695. The van der Waals surface area contributed by atoms with Gasteiger partial charge in [-0.25, -0.2) is 4.98 Å². The summed E-state index contributed by atoms with van der Waals surface area (Å²) in [6.45, 7) is 4.08. The number of amides is 2. The molecule has 1 aromatic heterocycles. The molecule has 2 N–H and O–H groups in total. The third kappa shape index (κ3) is 2.19. The summed E-state index contributed by atoms with van der Waals surface area (Å²) >= 11 is 0. The first kappa shape index (κ1) is 11.7. The van der Waals surface area contributed by atoms with Crippen molar-refractivity contribution in [1.29, 1.82) is 0 Å². The Kier molecular flexibility index (Phi) is 3.19. The van der Waals surface area contributed by atoms with Gasteiger partial charge in [-0.3, -0.25) is 24.9 Å². The fourth-order valence-corrected chi connectivity index (χ4v) is 1.95. The van der Waals surface area contributed by atoms with Gasteiger partial charge in [0.2, 0.25) is 11.8 Å². The predicted molar refractivity (Wildman–Crippen MR) is 58.7 cm³/mol. The number of nitrogens with zero attached hydrogens (tertiary/aromatic N) is 3. The molecule has 2 rings (SSSR count). The van der Waals surface area contributed by atoms with Gasteiger partial charge in [-0.15, -0.1) is 0 Å². The number of carbonyl (C=O) groups excluding carboxylic acids is 2. The van der Waals surface area contributed by atoms with Crippen LogP contribution >= 0.6 is 0 Å². The number of hydrogen-bond donors (Lipinski definition) is 2. The number of rotatable bonds is 4. The van der Waals surface area contributed by atoms with Crippen molar-refractivity contribution in [3.05, 3.63) is 12.2 Å². The lowest BCUT2D eigenvalue weighted by molar-refractivity contribution is -0.138. The minimum absolute atomic E-state index is 0.125. The highest BCUT2D eigenvalue weighted by atomic mass is 16.2. The molecule has 17 heavy (non-hydrogen) atoms. The van der Waals surface area contributed by atoms with Gasteiger partial charge < -0.3 is 0 Å². The molecule has 92 valence electrons. The highest BCUT2D eigenvalue weighted by molar-refractivity contribution is 6.05. The first-order valence-corrected chi connectivity index (χ1v) is 5.59. The van der Waals surface area contributed by atoms with E-state index in [4.69, 9.17) is 0 Å². The Hall–Kier alpha value is -1.76. The van der Waals surface area contributed by atoms with Gasteiger partial charge in [0.1, 0.15) is 12.2 Å². The molecule has 0 spiro atoms. The zero-order valence-corrected chi connectivity index (χ0v) is 9.80. The molecule has 1 aromatic rings. The third-order valence-corrected chi connectivity index (χ3v) is 2.86. The minimum atomic E-state index is -0.456. The summed E-state index contributed by atoms with van der Waals surface area (Å²) in [6.07, 6.45) is 1.62. The Morgan fingerprint density at radius 2 is 2.41 bits per heavy atom. The van der Waals surface area contributed by atoms with Gasteiger partial charge in [0.25, 0.3) is 0 Å². The lowest BCUT2D eigenvalue weighted by Crippen LogP contribution is -2.40. The van der Waals surface area contributed by atoms with Gasteiger partial charge in [-0.05, 0) is 13.8 Å². The van der Waals surface area contributed by atoms with Gasteiger partial charge in [-0.1, -0.05) is 0 Å². The van der Waals surface area contributed by atoms with Crippen molar-refractivity contribution >= 4 is 11.8 Å². The van der Waals surface area contributed by atoms with Crippen molar-refractivity contribution < 1.29 is 9.59 Å². The van der Waals surface area contributed by atoms with Crippen molar-refractivity contribution in [1.82, 2.24) is 25.4 Å². The minimum Gasteiger partial charge on any atom is -0.296 e. The Morgan fingerprint density at radius 1 is 1.65 bits per heavy atom. The highest BCUT2D eigenvalue weighted by Crippen LogP contribution is 2.16. The summed E-state index contributed by atoms with van der Waals surface area (Å²) in [6, 6.07) is -0.599. The smallest absolute Gasteiger partial charge is 0.246 e. The van der Waals surface area contributed by atoms with Crippen LogP contribution in [0.25, 0.3) is 0 Å². The van der Waals surface area contributed by atoms with Crippen LogP contribution in [0, 0.1) is 0 Å². The normalized spacial score (nSPS) is 22.2. The van der Waals surface area contributed by atoms with Crippen molar-refractivity contribution in [3.63, 3.8) is 0 Å². The maximum Gasteiger partial charge on any atom is 0.246 e. The number of H-pyrrole nitrogens is 1. The molecule has 0 bridgehead atoms. The van der Waals surface area contributed by atoms with Crippen LogP contribution in [0.5, 0.6) is 0 Å². The van der Waals surface area contributed by atoms with Crippen LogP contribution in [0.4, 0.5) is 0 Å². The number of nitrogens with one attached hydrogen (secondary N) is 2.